The van der Waals surface area contributed by atoms with Crippen molar-refractivity contribution in [2.75, 3.05) is 26.2 Å². The van der Waals surface area contributed by atoms with Crippen LogP contribution in [0.1, 0.15) is 31.7 Å². The Balaban J connectivity index is 1.49. The van der Waals surface area contributed by atoms with Gasteiger partial charge < -0.3 is 10.2 Å². The highest BCUT2D eigenvalue weighted by molar-refractivity contribution is 7.07. The van der Waals surface area contributed by atoms with Gasteiger partial charge in [-0.3, -0.25) is 0 Å². The van der Waals surface area contributed by atoms with E-state index < -0.39 is 0 Å². The molecule has 0 radical (unpaired) electrons. The van der Waals surface area contributed by atoms with Crippen molar-refractivity contribution in [1.29, 1.82) is 0 Å². The molecule has 1 saturated heterocycles. The van der Waals surface area contributed by atoms with Crippen LogP contribution in [0.5, 0.6) is 0 Å². The van der Waals surface area contributed by atoms with Crippen LogP contribution < -0.4 is 5.32 Å². The van der Waals surface area contributed by atoms with Crippen LogP contribution >= 0.6 is 11.3 Å². The second kappa shape index (κ2) is 7.14. The van der Waals surface area contributed by atoms with Gasteiger partial charge in [-0.15, -0.1) is 0 Å². The standard InChI is InChI=1S/C14H24N2S/c1-13-3-8-16(9-4-13)7-2-6-15-11-14-5-10-17-12-14/h5,10,12-13,15H,2-4,6-9,11H2,1H3. The van der Waals surface area contributed by atoms with Gasteiger partial charge in [0.25, 0.3) is 0 Å². The molecule has 0 aromatic carbocycles. The molecular weight excluding hydrogens is 228 g/mol. The molecule has 2 heterocycles. The molecule has 3 heteroatoms. The van der Waals surface area contributed by atoms with E-state index in [9.17, 15) is 0 Å². The fraction of sp³-hybridized carbons (Fsp3) is 0.714. The maximum Gasteiger partial charge on any atom is 0.0213 e. The molecule has 2 rings (SSSR count). The predicted octanol–water partition coefficient (Wildman–Crippen LogP) is 2.96. The molecule has 1 fully saturated rings. The van der Waals surface area contributed by atoms with E-state index in [0.717, 1.165) is 19.0 Å². The topological polar surface area (TPSA) is 15.3 Å². The fourth-order valence-electron chi connectivity index (χ4n) is 2.34. The Kier molecular flexibility index (Phi) is 5.49. The maximum atomic E-state index is 3.52. The van der Waals surface area contributed by atoms with E-state index in [4.69, 9.17) is 0 Å². The number of rotatable bonds is 6. The Morgan fingerprint density at radius 2 is 2.24 bits per heavy atom. The molecular formula is C14H24N2S. The summed E-state index contributed by atoms with van der Waals surface area (Å²) in [4.78, 5) is 2.62. The van der Waals surface area contributed by atoms with Crippen molar-refractivity contribution in [3.63, 3.8) is 0 Å². The minimum absolute atomic E-state index is 0.947. The summed E-state index contributed by atoms with van der Waals surface area (Å²) in [5.74, 6) is 0.947. The molecule has 0 aliphatic carbocycles. The lowest BCUT2D eigenvalue weighted by atomic mass is 9.99. The van der Waals surface area contributed by atoms with Crippen molar-refractivity contribution in [1.82, 2.24) is 10.2 Å². The van der Waals surface area contributed by atoms with Crippen molar-refractivity contribution in [2.45, 2.75) is 32.7 Å². The quantitative estimate of drug-likeness (QED) is 0.783. The van der Waals surface area contributed by atoms with E-state index in [2.05, 4.69) is 34.0 Å². The molecule has 1 N–H and O–H groups in total. The van der Waals surface area contributed by atoms with Gasteiger partial charge >= 0.3 is 0 Å². The summed E-state index contributed by atoms with van der Waals surface area (Å²) < 4.78 is 0. The molecule has 0 atom stereocenters. The van der Waals surface area contributed by atoms with E-state index in [-0.39, 0.29) is 0 Å². The number of hydrogen-bond donors (Lipinski definition) is 1. The first-order valence-corrected chi connectivity index (χ1v) is 7.73. The number of nitrogens with one attached hydrogen (secondary N) is 1. The summed E-state index contributed by atoms with van der Waals surface area (Å²) in [5.41, 5.74) is 1.42. The third-order valence-corrected chi connectivity index (χ3v) is 4.35. The first-order chi connectivity index (χ1) is 8.34. The Bertz CT molecular complexity index is 289. The van der Waals surface area contributed by atoms with Crippen LogP contribution in [-0.4, -0.2) is 31.1 Å². The number of thiophene rings is 1. The predicted molar refractivity (Wildman–Crippen MR) is 75.5 cm³/mol. The molecule has 1 aliphatic rings. The molecule has 0 unspecified atom stereocenters. The molecule has 1 aliphatic heterocycles. The summed E-state index contributed by atoms with van der Waals surface area (Å²) in [7, 11) is 0. The molecule has 0 saturated carbocycles. The summed E-state index contributed by atoms with van der Waals surface area (Å²) in [5, 5.41) is 7.88. The zero-order valence-corrected chi connectivity index (χ0v) is 11.6. The van der Waals surface area contributed by atoms with E-state index in [1.54, 1.807) is 11.3 Å². The minimum atomic E-state index is 0.947. The highest BCUT2D eigenvalue weighted by Gasteiger charge is 2.14. The Morgan fingerprint density at radius 3 is 2.94 bits per heavy atom. The number of piperidine rings is 1. The van der Waals surface area contributed by atoms with Gasteiger partial charge in [-0.25, -0.2) is 0 Å². The van der Waals surface area contributed by atoms with Crippen molar-refractivity contribution < 1.29 is 0 Å². The van der Waals surface area contributed by atoms with E-state index >= 15 is 0 Å². The first kappa shape index (κ1) is 13.1. The maximum absolute atomic E-state index is 3.52. The second-order valence-corrected chi connectivity index (χ2v) is 5.97. The van der Waals surface area contributed by atoms with Crippen LogP contribution in [0.15, 0.2) is 16.8 Å². The van der Waals surface area contributed by atoms with E-state index in [1.165, 1.54) is 44.5 Å². The third kappa shape index (κ3) is 4.78. The summed E-state index contributed by atoms with van der Waals surface area (Å²) in [6.45, 7) is 8.43. The average molecular weight is 252 g/mol. The molecule has 0 bridgehead atoms. The van der Waals surface area contributed by atoms with Crippen LogP contribution in [-0.2, 0) is 6.54 Å². The van der Waals surface area contributed by atoms with Gasteiger partial charge in [-0.2, -0.15) is 11.3 Å². The third-order valence-electron chi connectivity index (χ3n) is 3.61. The second-order valence-electron chi connectivity index (χ2n) is 5.19. The molecule has 1 aromatic rings. The molecule has 0 amide bonds. The van der Waals surface area contributed by atoms with Gasteiger partial charge in [0.15, 0.2) is 0 Å². The smallest absolute Gasteiger partial charge is 0.0213 e. The van der Waals surface area contributed by atoms with Crippen molar-refractivity contribution >= 4 is 11.3 Å². The van der Waals surface area contributed by atoms with Gasteiger partial charge in [0.1, 0.15) is 0 Å². The van der Waals surface area contributed by atoms with Gasteiger partial charge in [0.2, 0.25) is 0 Å². The molecule has 17 heavy (non-hydrogen) atoms. The van der Waals surface area contributed by atoms with E-state index in [0.29, 0.717) is 0 Å². The largest absolute Gasteiger partial charge is 0.313 e. The SMILES string of the molecule is CC1CCN(CCCNCc2ccsc2)CC1. The van der Waals surface area contributed by atoms with Gasteiger partial charge in [-0.05, 0) is 73.7 Å². The summed E-state index contributed by atoms with van der Waals surface area (Å²) in [6, 6.07) is 2.20. The average Bonchev–Trinajstić information content (AvgIpc) is 2.84. The van der Waals surface area contributed by atoms with Crippen LogP contribution in [0.4, 0.5) is 0 Å². The van der Waals surface area contributed by atoms with Crippen molar-refractivity contribution in [3.8, 4) is 0 Å². The lowest BCUT2D eigenvalue weighted by Gasteiger charge is -2.30. The van der Waals surface area contributed by atoms with E-state index in [1.807, 2.05) is 0 Å². The Labute approximate surface area is 109 Å². The molecule has 1 aromatic heterocycles. The van der Waals surface area contributed by atoms with Gasteiger partial charge in [-0.1, -0.05) is 6.92 Å². The van der Waals surface area contributed by atoms with Crippen LogP contribution in [0.2, 0.25) is 0 Å². The Morgan fingerprint density at radius 1 is 1.41 bits per heavy atom. The first-order valence-electron chi connectivity index (χ1n) is 6.79. The number of likely N-dealkylation sites (tertiary alicyclic amines) is 1. The summed E-state index contributed by atoms with van der Waals surface area (Å²) >= 11 is 1.78. The van der Waals surface area contributed by atoms with Crippen molar-refractivity contribution in [2.24, 2.45) is 5.92 Å². The molecule has 96 valence electrons. The van der Waals surface area contributed by atoms with Crippen LogP contribution in [0, 0.1) is 5.92 Å². The minimum Gasteiger partial charge on any atom is -0.313 e. The fourth-order valence-corrected chi connectivity index (χ4v) is 3.01. The lowest BCUT2D eigenvalue weighted by molar-refractivity contribution is 0.190. The monoisotopic (exact) mass is 252 g/mol. The number of hydrogen-bond acceptors (Lipinski definition) is 3. The summed E-state index contributed by atoms with van der Waals surface area (Å²) in [6.07, 6.45) is 4.06. The molecule has 0 spiro atoms. The van der Waals surface area contributed by atoms with Crippen LogP contribution in [0.3, 0.4) is 0 Å². The normalized spacial score (nSPS) is 18.6. The zero-order chi connectivity index (χ0) is 11.9. The Hall–Kier alpha value is -0.380. The van der Waals surface area contributed by atoms with Gasteiger partial charge in [0.05, 0.1) is 0 Å². The van der Waals surface area contributed by atoms with Crippen molar-refractivity contribution in [3.05, 3.63) is 22.4 Å². The van der Waals surface area contributed by atoms with Gasteiger partial charge in [0, 0.05) is 6.54 Å². The highest BCUT2D eigenvalue weighted by atomic mass is 32.1. The highest BCUT2D eigenvalue weighted by Crippen LogP contribution is 2.15. The zero-order valence-electron chi connectivity index (χ0n) is 10.8. The number of nitrogens with zero attached hydrogens (tertiary/aromatic N) is 1. The molecule has 2 nitrogen and oxygen atoms in total. The lowest BCUT2D eigenvalue weighted by Crippen LogP contribution is -2.34. The van der Waals surface area contributed by atoms with Crippen LogP contribution in [0.25, 0.3) is 0 Å².